The molecule has 0 fully saturated rings. The molecule has 0 bridgehead atoms. The highest BCUT2D eigenvalue weighted by atomic mass is 19.3. The lowest BCUT2D eigenvalue weighted by Crippen LogP contribution is -2.35. The van der Waals surface area contributed by atoms with Crippen LogP contribution in [0.25, 0.3) is 0 Å². The van der Waals surface area contributed by atoms with Crippen molar-refractivity contribution >= 4 is 5.69 Å². The van der Waals surface area contributed by atoms with E-state index in [1.807, 2.05) is 0 Å². The lowest BCUT2D eigenvalue weighted by atomic mass is 10.2. The van der Waals surface area contributed by atoms with E-state index < -0.39 is 41.8 Å². The van der Waals surface area contributed by atoms with Gasteiger partial charge in [0.25, 0.3) is 0 Å². The van der Waals surface area contributed by atoms with E-state index in [-0.39, 0.29) is 0 Å². The highest BCUT2D eigenvalue weighted by Crippen LogP contribution is 2.25. The lowest BCUT2D eigenvalue weighted by molar-refractivity contribution is -0.117. The van der Waals surface area contributed by atoms with Crippen LogP contribution in [0.5, 0.6) is 0 Å². The Morgan fingerprint density at radius 3 is 2.33 bits per heavy atom. The fourth-order valence-corrected chi connectivity index (χ4v) is 1.06. The zero-order chi connectivity index (χ0) is 13.9. The summed E-state index contributed by atoms with van der Waals surface area (Å²) in [6.07, 6.45) is -3.92. The summed E-state index contributed by atoms with van der Waals surface area (Å²) in [6.45, 7) is -1.55. The molecule has 8 heteroatoms. The van der Waals surface area contributed by atoms with Crippen molar-refractivity contribution in [2.24, 2.45) is 0 Å². The molecule has 98 valence electrons. The predicted molar refractivity (Wildman–Crippen MR) is 50.5 cm³/mol. The fourth-order valence-electron chi connectivity index (χ4n) is 1.06. The summed E-state index contributed by atoms with van der Waals surface area (Å²) in [5, 5.41) is 10.0. The van der Waals surface area contributed by atoms with Gasteiger partial charge in [-0.25, -0.2) is 17.6 Å². The minimum absolute atomic E-state index is 0.612. The second kappa shape index (κ2) is 5.16. The molecule has 18 heavy (non-hydrogen) atoms. The number of nitrogens with one attached hydrogen (secondary N) is 1. The summed E-state index contributed by atoms with van der Waals surface area (Å²) in [5.41, 5.74) is -1.33. The van der Waals surface area contributed by atoms with Crippen molar-refractivity contribution in [3.05, 3.63) is 29.3 Å². The molecule has 0 aliphatic rings. The van der Waals surface area contributed by atoms with Crippen molar-refractivity contribution in [3.8, 4) is 6.07 Å². The highest BCUT2D eigenvalue weighted by molar-refractivity contribution is 5.49. The Bertz CT molecular complexity index is 480. The number of halogens is 6. The number of hydrogen-bond acceptors (Lipinski definition) is 2. The van der Waals surface area contributed by atoms with Crippen LogP contribution in [0.2, 0.25) is 0 Å². The van der Waals surface area contributed by atoms with Gasteiger partial charge in [-0.15, -0.1) is 0 Å². The largest absolute Gasteiger partial charge is 0.376 e. The van der Waals surface area contributed by atoms with E-state index >= 15 is 0 Å². The van der Waals surface area contributed by atoms with Crippen LogP contribution in [0.15, 0.2) is 12.1 Å². The molecule has 0 saturated carbocycles. The zero-order valence-electron chi connectivity index (χ0n) is 8.65. The summed E-state index contributed by atoms with van der Waals surface area (Å²) in [7, 11) is 0. The molecule has 2 nitrogen and oxygen atoms in total. The van der Waals surface area contributed by atoms with Crippen molar-refractivity contribution in [1.82, 2.24) is 0 Å². The van der Waals surface area contributed by atoms with Crippen LogP contribution in [0.1, 0.15) is 5.56 Å². The molecule has 0 aromatic heterocycles. The summed E-state index contributed by atoms with van der Waals surface area (Å²) < 4.78 is 75.0. The maximum atomic E-state index is 13.2. The van der Waals surface area contributed by atoms with Gasteiger partial charge in [-0.3, -0.25) is 0 Å². The first-order chi connectivity index (χ1) is 8.29. The number of nitriles is 1. The van der Waals surface area contributed by atoms with Crippen LogP contribution in [0.4, 0.5) is 32.0 Å². The first kappa shape index (κ1) is 14.2. The molecule has 0 radical (unpaired) electrons. The quantitative estimate of drug-likeness (QED) is 0.851. The van der Waals surface area contributed by atoms with E-state index in [4.69, 9.17) is 5.26 Å². The van der Waals surface area contributed by atoms with Gasteiger partial charge in [0.05, 0.1) is 17.8 Å². The van der Waals surface area contributed by atoms with Gasteiger partial charge in [0.1, 0.15) is 6.07 Å². The van der Waals surface area contributed by atoms with Crippen LogP contribution in [-0.4, -0.2) is 18.9 Å². The van der Waals surface area contributed by atoms with E-state index in [2.05, 4.69) is 0 Å². The molecule has 1 aromatic carbocycles. The number of alkyl halides is 4. The molecule has 1 N–H and O–H groups in total. The Kier molecular flexibility index (Phi) is 4.06. The van der Waals surface area contributed by atoms with Gasteiger partial charge in [-0.1, -0.05) is 0 Å². The molecule has 0 aliphatic carbocycles. The van der Waals surface area contributed by atoms with Gasteiger partial charge in [0.2, 0.25) is 0 Å². The third kappa shape index (κ3) is 2.85. The Hall–Kier alpha value is -1.91. The SMILES string of the molecule is N#Cc1ccc(NCC(F)(F)C(F)F)c(F)c1F. The first-order valence-corrected chi connectivity index (χ1v) is 4.57. The van der Waals surface area contributed by atoms with Crippen LogP contribution in [-0.2, 0) is 0 Å². The molecule has 0 spiro atoms. The van der Waals surface area contributed by atoms with E-state index in [1.54, 1.807) is 5.32 Å². The summed E-state index contributed by atoms with van der Waals surface area (Å²) in [4.78, 5) is 0. The Balaban J connectivity index is 2.88. The van der Waals surface area contributed by atoms with Crippen LogP contribution < -0.4 is 5.32 Å². The minimum atomic E-state index is -4.36. The van der Waals surface area contributed by atoms with Crippen molar-refractivity contribution in [3.63, 3.8) is 0 Å². The number of hydrogen-bond donors (Lipinski definition) is 1. The molecule has 0 saturated heterocycles. The Labute approximate surface area is 97.8 Å². The molecule has 1 rings (SSSR count). The molecule has 0 heterocycles. The highest BCUT2D eigenvalue weighted by Gasteiger charge is 2.40. The molecule has 1 aromatic rings. The first-order valence-electron chi connectivity index (χ1n) is 4.57. The molecule has 0 atom stereocenters. The Morgan fingerprint density at radius 1 is 1.22 bits per heavy atom. The van der Waals surface area contributed by atoms with Crippen molar-refractivity contribution < 1.29 is 26.3 Å². The number of benzene rings is 1. The molecule has 0 aliphatic heterocycles. The number of rotatable bonds is 4. The average molecular weight is 268 g/mol. The van der Waals surface area contributed by atoms with E-state index in [9.17, 15) is 26.3 Å². The maximum Gasteiger partial charge on any atom is 0.324 e. The summed E-state index contributed by atoms with van der Waals surface area (Å²) >= 11 is 0. The summed E-state index contributed by atoms with van der Waals surface area (Å²) in [5.74, 6) is -7.46. The normalized spacial score (nSPS) is 11.4. The van der Waals surface area contributed by atoms with Gasteiger partial charge < -0.3 is 5.32 Å². The zero-order valence-corrected chi connectivity index (χ0v) is 8.65. The van der Waals surface area contributed by atoms with Gasteiger partial charge in [0.15, 0.2) is 11.6 Å². The monoisotopic (exact) mass is 268 g/mol. The minimum Gasteiger partial charge on any atom is -0.376 e. The standard InChI is InChI=1S/C10H6F6N2/c11-7-5(3-17)1-2-6(8(7)12)18-4-10(15,16)9(13)14/h1-2,9,18H,4H2. The number of anilines is 1. The summed E-state index contributed by atoms with van der Waals surface area (Å²) in [6, 6.07) is 3.01. The molecule has 0 amide bonds. The van der Waals surface area contributed by atoms with E-state index in [1.165, 1.54) is 6.07 Å². The third-order valence-electron chi connectivity index (χ3n) is 2.04. The maximum absolute atomic E-state index is 13.2. The fraction of sp³-hybridized carbons (Fsp3) is 0.300. The van der Waals surface area contributed by atoms with E-state index in [0.29, 0.717) is 0 Å². The van der Waals surface area contributed by atoms with Gasteiger partial charge in [0, 0.05) is 0 Å². The van der Waals surface area contributed by atoms with Crippen molar-refractivity contribution in [2.45, 2.75) is 12.3 Å². The number of nitrogens with zero attached hydrogens (tertiary/aromatic N) is 1. The topological polar surface area (TPSA) is 35.8 Å². The molecular weight excluding hydrogens is 262 g/mol. The van der Waals surface area contributed by atoms with Gasteiger partial charge in [-0.2, -0.15) is 14.0 Å². The van der Waals surface area contributed by atoms with Gasteiger partial charge in [-0.05, 0) is 12.1 Å². The predicted octanol–water partition coefficient (Wildman–Crippen LogP) is 3.15. The second-order valence-electron chi connectivity index (χ2n) is 3.32. The van der Waals surface area contributed by atoms with E-state index in [0.717, 1.165) is 12.1 Å². The Morgan fingerprint density at radius 2 is 1.83 bits per heavy atom. The van der Waals surface area contributed by atoms with Crippen LogP contribution in [0.3, 0.4) is 0 Å². The smallest absolute Gasteiger partial charge is 0.324 e. The lowest BCUT2D eigenvalue weighted by Gasteiger charge is -2.17. The molecule has 0 unspecified atom stereocenters. The average Bonchev–Trinajstić information content (AvgIpc) is 2.31. The van der Waals surface area contributed by atoms with Crippen molar-refractivity contribution in [1.29, 1.82) is 5.26 Å². The van der Waals surface area contributed by atoms with Crippen LogP contribution in [0, 0.1) is 23.0 Å². The second-order valence-corrected chi connectivity index (χ2v) is 3.32. The third-order valence-corrected chi connectivity index (χ3v) is 2.04. The van der Waals surface area contributed by atoms with Crippen LogP contribution >= 0.6 is 0 Å². The molecular formula is C10H6F6N2. The van der Waals surface area contributed by atoms with Crippen molar-refractivity contribution in [2.75, 3.05) is 11.9 Å². The van der Waals surface area contributed by atoms with Gasteiger partial charge >= 0.3 is 12.3 Å².